The van der Waals surface area contributed by atoms with Crippen LogP contribution in [-0.2, 0) is 20.9 Å². The number of carbonyl (C=O) groups excluding carboxylic acids is 2. The van der Waals surface area contributed by atoms with Crippen LogP contribution in [0.2, 0.25) is 0 Å². The number of benzene rings is 1. The molecular formula is C29H32N2O7. The van der Waals surface area contributed by atoms with E-state index in [4.69, 9.17) is 9.15 Å². The van der Waals surface area contributed by atoms with E-state index in [0.29, 0.717) is 24.5 Å². The zero-order valence-corrected chi connectivity index (χ0v) is 21.6. The Kier molecular flexibility index (Phi) is 7.32. The SMILES string of the molecule is CCCC1=C2[C@@H](CC/C(C)=C/c3ccc(CO)o3)OC[C@@H]2[C@@H]2C(=O)N(c3cccc([N+](=O)[O-])c3)C(=O)[C@@H]2C1. The molecule has 0 saturated carbocycles. The number of nitro groups is 1. The Labute approximate surface area is 220 Å². The van der Waals surface area contributed by atoms with Crippen molar-refractivity contribution < 1.29 is 28.8 Å². The Bertz CT molecular complexity index is 1320. The number of nitro benzene ring substituents is 1. The van der Waals surface area contributed by atoms with Crippen molar-refractivity contribution in [3.05, 3.63) is 74.8 Å². The zero-order chi connectivity index (χ0) is 27.0. The molecule has 3 aliphatic rings. The minimum absolute atomic E-state index is 0.120. The molecule has 200 valence electrons. The van der Waals surface area contributed by atoms with Gasteiger partial charge in [0.15, 0.2) is 0 Å². The summed E-state index contributed by atoms with van der Waals surface area (Å²) in [5.74, 6) is -0.513. The third-order valence-electron chi connectivity index (χ3n) is 7.89. The van der Waals surface area contributed by atoms with E-state index in [9.17, 15) is 24.8 Å². The molecule has 9 heteroatoms. The van der Waals surface area contributed by atoms with Gasteiger partial charge >= 0.3 is 0 Å². The van der Waals surface area contributed by atoms with Crippen LogP contribution in [0.3, 0.4) is 0 Å². The highest BCUT2D eigenvalue weighted by molar-refractivity contribution is 6.22. The first-order chi connectivity index (χ1) is 18.3. The minimum Gasteiger partial charge on any atom is -0.459 e. The van der Waals surface area contributed by atoms with Crippen LogP contribution in [0, 0.1) is 27.9 Å². The van der Waals surface area contributed by atoms with E-state index in [1.165, 1.54) is 29.3 Å². The number of hydrogen-bond acceptors (Lipinski definition) is 7. The van der Waals surface area contributed by atoms with Gasteiger partial charge in [-0.25, -0.2) is 4.90 Å². The lowest BCUT2D eigenvalue weighted by Gasteiger charge is -2.31. The largest absolute Gasteiger partial charge is 0.459 e. The number of hydrogen-bond donors (Lipinski definition) is 1. The van der Waals surface area contributed by atoms with E-state index in [-0.39, 0.29) is 41.8 Å². The van der Waals surface area contributed by atoms with Crippen LogP contribution in [0.25, 0.3) is 6.08 Å². The number of allylic oxidation sites excluding steroid dienone is 2. The Morgan fingerprint density at radius 2 is 2.03 bits per heavy atom. The summed E-state index contributed by atoms with van der Waals surface area (Å²) in [5, 5.41) is 20.5. The number of furan rings is 1. The van der Waals surface area contributed by atoms with Gasteiger partial charge in [-0.2, -0.15) is 0 Å². The number of aliphatic hydroxyl groups is 1. The van der Waals surface area contributed by atoms with Gasteiger partial charge in [0.2, 0.25) is 11.8 Å². The molecule has 2 fully saturated rings. The summed E-state index contributed by atoms with van der Waals surface area (Å²) in [7, 11) is 0. The average molecular weight is 521 g/mol. The highest BCUT2D eigenvalue weighted by Gasteiger charge is 2.57. The maximum Gasteiger partial charge on any atom is 0.271 e. The standard InChI is InChI=1S/C29H32N2O7/c1-3-5-18-13-23-27(29(34)30(28(23)33)19-6-4-7-20(14-19)31(35)36)24-16-37-25(26(18)24)11-8-17(2)12-21-9-10-22(15-32)38-21/h4,6-7,9-10,12,14,23-25,27,32H,3,5,8,11,13,15-16H2,1-2H3/b17-12+/t23-,24+,25-,27-/m1/s1. The second-order valence-electron chi connectivity index (χ2n) is 10.4. The molecule has 38 heavy (non-hydrogen) atoms. The molecule has 9 nitrogen and oxygen atoms in total. The highest BCUT2D eigenvalue weighted by atomic mass is 16.6. The summed E-state index contributed by atoms with van der Waals surface area (Å²) < 4.78 is 11.8. The van der Waals surface area contributed by atoms with Gasteiger partial charge in [-0.05, 0) is 62.5 Å². The molecule has 1 N–H and O–H groups in total. The molecule has 1 aromatic carbocycles. The number of imide groups is 1. The van der Waals surface area contributed by atoms with Crippen molar-refractivity contribution in [1.82, 2.24) is 0 Å². The van der Waals surface area contributed by atoms with E-state index in [1.54, 1.807) is 12.1 Å². The van der Waals surface area contributed by atoms with Gasteiger partial charge < -0.3 is 14.3 Å². The number of rotatable bonds is 9. The lowest BCUT2D eigenvalue weighted by molar-refractivity contribution is -0.384. The van der Waals surface area contributed by atoms with E-state index >= 15 is 0 Å². The van der Waals surface area contributed by atoms with E-state index in [2.05, 4.69) is 6.92 Å². The Morgan fingerprint density at radius 3 is 2.74 bits per heavy atom. The van der Waals surface area contributed by atoms with Crippen LogP contribution >= 0.6 is 0 Å². The van der Waals surface area contributed by atoms with E-state index in [0.717, 1.165) is 36.2 Å². The summed E-state index contributed by atoms with van der Waals surface area (Å²) in [4.78, 5) is 39.1. The lowest BCUT2D eigenvalue weighted by Crippen LogP contribution is -2.34. The fraction of sp³-hybridized carbons (Fsp3) is 0.448. The molecule has 3 heterocycles. The third-order valence-corrected chi connectivity index (χ3v) is 7.89. The molecule has 0 spiro atoms. The average Bonchev–Trinajstić information content (AvgIpc) is 3.60. The smallest absolute Gasteiger partial charge is 0.271 e. The van der Waals surface area contributed by atoms with Crippen molar-refractivity contribution in [3.63, 3.8) is 0 Å². The topological polar surface area (TPSA) is 123 Å². The number of fused-ring (bicyclic) bond motifs is 3. The second kappa shape index (κ2) is 10.7. The first-order valence-corrected chi connectivity index (χ1v) is 13.1. The quantitative estimate of drug-likeness (QED) is 0.209. The Morgan fingerprint density at radius 1 is 1.21 bits per heavy atom. The van der Waals surface area contributed by atoms with Gasteiger partial charge in [-0.3, -0.25) is 19.7 Å². The van der Waals surface area contributed by atoms with E-state index in [1.807, 2.05) is 19.1 Å². The first-order valence-electron chi connectivity index (χ1n) is 13.1. The molecule has 4 atom stereocenters. The number of carbonyl (C=O) groups is 2. The van der Waals surface area contributed by atoms with Gasteiger partial charge in [0.25, 0.3) is 5.69 Å². The summed E-state index contributed by atoms with van der Waals surface area (Å²) >= 11 is 0. The molecule has 0 unspecified atom stereocenters. The van der Waals surface area contributed by atoms with Crippen molar-refractivity contribution in [2.24, 2.45) is 17.8 Å². The molecule has 1 aromatic heterocycles. The maximum absolute atomic E-state index is 13.7. The van der Waals surface area contributed by atoms with Gasteiger partial charge in [-0.1, -0.05) is 30.6 Å². The van der Waals surface area contributed by atoms with E-state index < -0.39 is 16.8 Å². The molecule has 2 saturated heterocycles. The highest BCUT2D eigenvalue weighted by Crippen LogP contribution is 2.51. The predicted octanol–water partition coefficient (Wildman–Crippen LogP) is 5.18. The van der Waals surface area contributed by atoms with Crippen molar-refractivity contribution in [2.75, 3.05) is 11.5 Å². The first kappa shape index (κ1) is 26.1. The minimum atomic E-state index is -0.524. The van der Waals surface area contributed by atoms with Crippen molar-refractivity contribution in [2.45, 2.75) is 58.7 Å². The fourth-order valence-corrected chi connectivity index (χ4v) is 6.24. The Hall–Kier alpha value is -3.56. The lowest BCUT2D eigenvalue weighted by atomic mass is 9.68. The molecule has 1 aliphatic carbocycles. The van der Waals surface area contributed by atoms with Crippen LogP contribution in [0.1, 0.15) is 57.5 Å². The normalized spacial score (nSPS) is 25.2. The van der Waals surface area contributed by atoms with Crippen LogP contribution in [0.4, 0.5) is 11.4 Å². The fourth-order valence-electron chi connectivity index (χ4n) is 6.24. The van der Waals surface area contributed by atoms with Crippen LogP contribution < -0.4 is 4.90 Å². The van der Waals surface area contributed by atoms with Crippen molar-refractivity contribution >= 4 is 29.3 Å². The van der Waals surface area contributed by atoms with Crippen LogP contribution in [0.15, 0.2) is 57.5 Å². The molecule has 5 rings (SSSR count). The van der Waals surface area contributed by atoms with Crippen LogP contribution in [-0.4, -0.2) is 34.6 Å². The summed E-state index contributed by atoms with van der Waals surface area (Å²) in [5.41, 5.74) is 3.59. The molecule has 0 radical (unpaired) electrons. The second-order valence-corrected chi connectivity index (χ2v) is 10.4. The van der Waals surface area contributed by atoms with Gasteiger partial charge in [-0.15, -0.1) is 0 Å². The maximum atomic E-state index is 13.7. The number of non-ortho nitro benzene ring substituents is 1. The number of ether oxygens (including phenoxy) is 1. The number of anilines is 1. The van der Waals surface area contributed by atoms with Crippen molar-refractivity contribution in [1.29, 1.82) is 0 Å². The van der Waals surface area contributed by atoms with Crippen molar-refractivity contribution in [3.8, 4) is 0 Å². The number of nitrogens with zero attached hydrogens (tertiary/aromatic N) is 2. The summed E-state index contributed by atoms with van der Waals surface area (Å²) in [6.07, 6.45) is 5.66. The monoisotopic (exact) mass is 520 g/mol. The molecule has 2 aromatic rings. The predicted molar refractivity (Wildman–Crippen MR) is 140 cm³/mol. The van der Waals surface area contributed by atoms with Gasteiger partial charge in [0.1, 0.15) is 18.1 Å². The number of aliphatic hydroxyl groups excluding tert-OH is 1. The molecule has 0 bridgehead atoms. The van der Waals surface area contributed by atoms with Gasteiger partial charge in [0.05, 0.1) is 35.2 Å². The molecular weight excluding hydrogens is 488 g/mol. The summed E-state index contributed by atoms with van der Waals surface area (Å²) in [6.45, 7) is 4.38. The van der Waals surface area contributed by atoms with Crippen LogP contribution in [0.5, 0.6) is 0 Å². The Balaban J connectivity index is 1.37. The molecule has 2 aliphatic heterocycles. The molecule has 2 amide bonds. The number of amides is 2. The summed E-state index contributed by atoms with van der Waals surface area (Å²) in [6, 6.07) is 9.30. The van der Waals surface area contributed by atoms with Gasteiger partial charge in [0, 0.05) is 18.1 Å². The third kappa shape index (κ3) is 4.72. The zero-order valence-electron chi connectivity index (χ0n) is 21.6.